The average Bonchev–Trinajstić information content (AvgIpc) is 3.16. The summed E-state index contributed by atoms with van der Waals surface area (Å²) in [6.45, 7) is 4.03. The molecule has 194 valence electrons. The van der Waals surface area contributed by atoms with Gasteiger partial charge in [-0.3, -0.25) is 5.10 Å². The summed E-state index contributed by atoms with van der Waals surface area (Å²) in [6, 6.07) is 9.42. The van der Waals surface area contributed by atoms with Crippen LogP contribution in [0.15, 0.2) is 47.1 Å². The summed E-state index contributed by atoms with van der Waals surface area (Å²) >= 11 is 0. The number of H-pyrrole nitrogens is 1. The molecule has 1 aromatic carbocycles. The molecule has 38 heavy (non-hydrogen) atoms. The molecular weight excluding hydrogens is 497 g/mol. The van der Waals surface area contributed by atoms with Crippen LogP contribution in [0.4, 0.5) is 19.0 Å². The molecule has 5 aromatic rings. The number of benzene rings is 1. The van der Waals surface area contributed by atoms with Crippen molar-refractivity contribution in [3.8, 4) is 11.3 Å². The van der Waals surface area contributed by atoms with Crippen LogP contribution in [0, 0.1) is 18.8 Å². The van der Waals surface area contributed by atoms with E-state index in [9.17, 15) is 13.2 Å². The van der Waals surface area contributed by atoms with Crippen molar-refractivity contribution in [2.24, 2.45) is 17.6 Å². The topological polar surface area (TPSA) is 123 Å². The third kappa shape index (κ3) is 3.39. The molecular formula is C26H23F3N8O. The highest BCUT2D eigenvalue weighted by Gasteiger charge is 2.67. The normalized spacial score (nSPS) is 23.2. The number of pyridine rings is 1. The fourth-order valence-corrected chi connectivity index (χ4v) is 6.14. The van der Waals surface area contributed by atoms with Crippen molar-refractivity contribution in [2.45, 2.75) is 24.9 Å². The third-order valence-electron chi connectivity index (χ3n) is 8.11. The van der Waals surface area contributed by atoms with E-state index in [0.717, 1.165) is 48.4 Å². The molecule has 0 amide bonds. The van der Waals surface area contributed by atoms with Crippen LogP contribution < -0.4 is 10.6 Å². The summed E-state index contributed by atoms with van der Waals surface area (Å²) in [4.78, 5) is 15.4. The minimum absolute atomic E-state index is 0.157. The highest BCUT2D eigenvalue weighted by atomic mass is 19.4. The van der Waals surface area contributed by atoms with E-state index in [1.807, 2.05) is 13.0 Å². The molecule has 12 heteroatoms. The number of nitrogens with two attached hydrogens (primary N) is 1. The smallest absolute Gasteiger partial charge is 0.361 e. The zero-order chi connectivity index (χ0) is 26.2. The van der Waals surface area contributed by atoms with Crippen LogP contribution in [-0.4, -0.2) is 49.9 Å². The number of aryl methyl sites for hydroxylation is 1. The molecule has 2 aliphatic rings. The van der Waals surface area contributed by atoms with E-state index in [4.69, 9.17) is 15.2 Å². The number of anilines is 1. The van der Waals surface area contributed by atoms with Gasteiger partial charge in [0.1, 0.15) is 22.8 Å². The molecule has 2 fully saturated rings. The summed E-state index contributed by atoms with van der Waals surface area (Å²) in [5.41, 5.74) is 8.81. The maximum absolute atomic E-state index is 13.0. The van der Waals surface area contributed by atoms with E-state index < -0.39 is 11.9 Å². The Kier molecular flexibility index (Phi) is 4.84. The quantitative estimate of drug-likeness (QED) is 0.361. The van der Waals surface area contributed by atoms with Gasteiger partial charge in [-0.1, -0.05) is 17.3 Å². The number of rotatable bonds is 4. The molecule has 0 unspecified atom stereocenters. The Morgan fingerprint density at radius 3 is 2.79 bits per heavy atom. The van der Waals surface area contributed by atoms with Crippen LogP contribution in [0.5, 0.6) is 0 Å². The lowest BCUT2D eigenvalue weighted by atomic mass is 9.97. The van der Waals surface area contributed by atoms with Gasteiger partial charge in [0.2, 0.25) is 5.65 Å². The van der Waals surface area contributed by atoms with Crippen molar-refractivity contribution in [1.82, 2.24) is 30.3 Å². The Morgan fingerprint density at radius 1 is 1.16 bits per heavy atom. The maximum atomic E-state index is 13.0. The lowest BCUT2D eigenvalue weighted by molar-refractivity contribution is -0.140. The molecule has 1 aliphatic heterocycles. The molecule has 7 rings (SSSR count). The predicted octanol–water partition coefficient (Wildman–Crippen LogP) is 4.24. The van der Waals surface area contributed by atoms with Gasteiger partial charge >= 0.3 is 6.18 Å². The second kappa shape index (κ2) is 7.97. The molecule has 1 aliphatic carbocycles. The number of hydrogen-bond donors (Lipinski definition) is 2. The Labute approximate surface area is 214 Å². The van der Waals surface area contributed by atoms with Crippen molar-refractivity contribution < 1.29 is 17.7 Å². The number of aromatic nitrogens is 6. The lowest BCUT2D eigenvalue weighted by Gasteiger charge is -2.26. The molecule has 0 bridgehead atoms. The first kappa shape index (κ1) is 23.1. The van der Waals surface area contributed by atoms with Crippen molar-refractivity contribution in [3.05, 3.63) is 59.7 Å². The average molecular weight is 521 g/mol. The number of nitrogens with zero attached hydrogens (tertiary/aromatic N) is 6. The number of fused-ring (bicyclic) bond motifs is 3. The van der Waals surface area contributed by atoms with Gasteiger partial charge < -0.3 is 15.2 Å². The zero-order valence-corrected chi connectivity index (χ0v) is 20.3. The summed E-state index contributed by atoms with van der Waals surface area (Å²) < 4.78 is 44.4. The molecule has 0 radical (unpaired) electrons. The summed E-state index contributed by atoms with van der Waals surface area (Å²) in [6.07, 6.45) is -1.78. The molecule has 9 nitrogen and oxygen atoms in total. The first-order valence-electron chi connectivity index (χ1n) is 12.4. The molecule has 5 heterocycles. The summed E-state index contributed by atoms with van der Waals surface area (Å²) in [7, 11) is 0. The van der Waals surface area contributed by atoms with Gasteiger partial charge in [-0.2, -0.15) is 18.3 Å². The minimum Gasteiger partial charge on any atom is -0.361 e. The Bertz CT molecular complexity index is 1700. The van der Waals surface area contributed by atoms with Gasteiger partial charge in [0.25, 0.3) is 0 Å². The fourth-order valence-electron chi connectivity index (χ4n) is 6.14. The second-order valence-corrected chi connectivity index (χ2v) is 10.1. The van der Waals surface area contributed by atoms with Crippen molar-refractivity contribution in [2.75, 3.05) is 24.5 Å². The largest absolute Gasteiger partial charge is 0.433 e. The van der Waals surface area contributed by atoms with Crippen molar-refractivity contribution in [1.29, 1.82) is 0 Å². The number of halogens is 3. The first-order chi connectivity index (χ1) is 18.3. The van der Waals surface area contributed by atoms with Crippen LogP contribution in [0.2, 0.25) is 0 Å². The van der Waals surface area contributed by atoms with Gasteiger partial charge in [0, 0.05) is 42.1 Å². The van der Waals surface area contributed by atoms with Gasteiger partial charge in [-0.25, -0.2) is 15.0 Å². The fraction of sp³-hybridized carbons (Fsp3) is 0.346. The highest BCUT2D eigenvalue weighted by molar-refractivity contribution is 5.92. The van der Waals surface area contributed by atoms with Crippen LogP contribution in [0.1, 0.15) is 23.6 Å². The SMILES string of the molecule is Cc1cc([C@@]2(CN)[C@@H]3CCN(c4cnc5c(-c6ccc7nc(C(F)(F)F)ccc7c6)[nH]nc5n4)C[C@@H]32)no1. The predicted molar refractivity (Wildman–Crippen MR) is 133 cm³/mol. The van der Waals surface area contributed by atoms with E-state index in [2.05, 4.69) is 30.2 Å². The van der Waals surface area contributed by atoms with Gasteiger partial charge in [-0.05, 0) is 43.4 Å². The highest BCUT2D eigenvalue weighted by Crippen LogP contribution is 2.62. The number of hydrogen-bond acceptors (Lipinski definition) is 8. The number of nitrogens with one attached hydrogen (secondary N) is 1. The number of alkyl halides is 3. The number of piperidine rings is 1. The Balaban J connectivity index is 1.16. The molecule has 3 N–H and O–H groups in total. The molecule has 1 saturated heterocycles. The Hall–Kier alpha value is -4.06. The first-order valence-corrected chi connectivity index (χ1v) is 12.4. The van der Waals surface area contributed by atoms with Gasteiger partial charge in [0.05, 0.1) is 23.1 Å². The van der Waals surface area contributed by atoms with Crippen LogP contribution in [-0.2, 0) is 11.6 Å². The minimum atomic E-state index is -4.49. The van der Waals surface area contributed by atoms with Gasteiger partial charge in [0.15, 0.2) is 0 Å². The van der Waals surface area contributed by atoms with Gasteiger partial charge in [-0.15, -0.1) is 0 Å². The third-order valence-corrected chi connectivity index (χ3v) is 8.11. The van der Waals surface area contributed by atoms with Crippen molar-refractivity contribution >= 4 is 27.9 Å². The van der Waals surface area contributed by atoms with E-state index in [1.54, 1.807) is 24.4 Å². The van der Waals surface area contributed by atoms with Crippen molar-refractivity contribution in [3.63, 3.8) is 0 Å². The van der Waals surface area contributed by atoms with E-state index in [0.29, 0.717) is 40.6 Å². The molecule has 4 aromatic heterocycles. The zero-order valence-electron chi connectivity index (χ0n) is 20.3. The monoisotopic (exact) mass is 520 g/mol. The number of aromatic amines is 1. The standard InChI is InChI=1S/C26H23F3N8O/c1-13-8-20(36-38-13)25(12-30)16-6-7-37(11-17(16)25)21-10-31-23-22(34-35-24(23)33-21)15-2-4-18-14(9-15)3-5-19(32-18)26(27,28)29/h2-5,8-10,16-17H,6-7,11-12,30H2,1H3,(H,33,34,35)/t16-,17+,25+/m1/s1. The van der Waals surface area contributed by atoms with E-state index >= 15 is 0 Å². The molecule has 1 saturated carbocycles. The Morgan fingerprint density at radius 2 is 2.03 bits per heavy atom. The van der Waals surface area contributed by atoms with Crippen LogP contribution in [0.3, 0.4) is 0 Å². The van der Waals surface area contributed by atoms with Crippen LogP contribution >= 0.6 is 0 Å². The maximum Gasteiger partial charge on any atom is 0.433 e. The van der Waals surface area contributed by atoms with E-state index in [1.165, 1.54) is 6.07 Å². The van der Waals surface area contributed by atoms with E-state index in [-0.39, 0.29) is 10.9 Å². The van der Waals surface area contributed by atoms with Crippen LogP contribution in [0.25, 0.3) is 33.3 Å². The lowest BCUT2D eigenvalue weighted by Crippen LogP contribution is -2.32. The summed E-state index contributed by atoms with van der Waals surface area (Å²) in [5.74, 6) is 2.36. The second-order valence-electron chi connectivity index (χ2n) is 10.1. The molecule has 3 atom stereocenters. The molecule has 0 spiro atoms. The summed E-state index contributed by atoms with van der Waals surface area (Å²) in [5, 5.41) is 12.2.